The summed E-state index contributed by atoms with van der Waals surface area (Å²) < 4.78 is 0. The SMILES string of the molecule is CSCC[C@H](NC(=O)c1ccc(CN[C@@H](CO)CC2CCCCC2)cc1-c1ccccc1C)C(=O)O. The molecule has 0 spiro atoms. The van der Waals surface area contributed by atoms with Gasteiger partial charge in [0.25, 0.3) is 5.91 Å². The number of carbonyl (C=O) groups excluding carboxylic acids is 1. The van der Waals surface area contributed by atoms with E-state index in [1.807, 2.05) is 49.6 Å². The summed E-state index contributed by atoms with van der Waals surface area (Å²) in [5, 5.41) is 25.8. The molecule has 196 valence electrons. The molecule has 1 amide bonds. The zero-order chi connectivity index (χ0) is 25.9. The molecule has 4 N–H and O–H groups in total. The number of nitrogens with one attached hydrogen (secondary N) is 2. The Balaban J connectivity index is 1.81. The van der Waals surface area contributed by atoms with Crippen molar-refractivity contribution >= 4 is 23.6 Å². The van der Waals surface area contributed by atoms with Crippen molar-refractivity contribution in [3.8, 4) is 11.1 Å². The molecular formula is C29H40N2O4S. The molecule has 0 saturated heterocycles. The normalized spacial score (nSPS) is 15.9. The lowest BCUT2D eigenvalue weighted by Gasteiger charge is -2.26. The summed E-state index contributed by atoms with van der Waals surface area (Å²) in [6, 6.07) is 12.7. The zero-order valence-electron chi connectivity index (χ0n) is 21.5. The number of carboxylic acid groups (broad SMARTS) is 1. The average molecular weight is 513 g/mol. The van der Waals surface area contributed by atoms with Crippen molar-refractivity contribution in [1.82, 2.24) is 10.6 Å². The summed E-state index contributed by atoms with van der Waals surface area (Å²) >= 11 is 1.56. The van der Waals surface area contributed by atoms with Crippen LogP contribution in [0.4, 0.5) is 0 Å². The standard InChI is InChI=1S/C29H40N2O4S/c1-20-8-6-7-11-24(20)26-17-22(18-30-23(19-32)16-21-9-4-3-5-10-21)12-13-25(26)28(33)31-27(29(34)35)14-15-36-2/h6-8,11-13,17,21,23,27,30,32H,3-5,9-10,14-16,18-19H2,1-2H3,(H,31,33)(H,34,35)/t23-,27+/m1/s1. The average Bonchev–Trinajstić information content (AvgIpc) is 2.89. The van der Waals surface area contributed by atoms with E-state index in [1.54, 1.807) is 17.8 Å². The van der Waals surface area contributed by atoms with Crippen molar-refractivity contribution in [2.75, 3.05) is 18.6 Å². The van der Waals surface area contributed by atoms with Gasteiger partial charge in [0.2, 0.25) is 0 Å². The van der Waals surface area contributed by atoms with Crippen molar-refractivity contribution in [3.05, 3.63) is 59.2 Å². The van der Waals surface area contributed by atoms with Crippen molar-refractivity contribution in [1.29, 1.82) is 0 Å². The summed E-state index contributed by atoms with van der Waals surface area (Å²) in [5.74, 6) is -0.0832. The molecule has 36 heavy (non-hydrogen) atoms. The van der Waals surface area contributed by atoms with E-state index in [0.29, 0.717) is 30.2 Å². The third-order valence-corrected chi connectivity index (χ3v) is 7.78. The topological polar surface area (TPSA) is 98.7 Å². The van der Waals surface area contributed by atoms with Crippen molar-refractivity contribution in [2.24, 2.45) is 5.92 Å². The second-order valence-corrected chi connectivity index (χ2v) is 10.8. The van der Waals surface area contributed by atoms with Crippen LogP contribution in [0.2, 0.25) is 0 Å². The quantitative estimate of drug-likeness (QED) is 0.301. The number of amides is 1. The highest BCUT2D eigenvalue weighted by Gasteiger charge is 2.23. The molecule has 0 bridgehead atoms. The van der Waals surface area contributed by atoms with Gasteiger partial charge in [0.15, 0.2) is 0 Å². The molecule has 2 aromatic carbocycles. The van der Waals surface area contributed by atoms with Gasteiger partial charge in [-0.3, -0.25) is 4.79 Å². The number of benzene rings is 2. The zero-order valence-corrected chi connectivity index (χ0v) is 22.3. The van der Waals surface area contributed by atoms with Crippen molar-refractivity contribution in [3.63, 3.8) is 0 Å². The maximum Gasteiger partial charge on any atom is 0.326 e. The molecule has 1 saturated carbocycles. The molecule has 0 aromatic heterocycles. The number of rotatable bonds is 13. The van der Waals surface area contributed by atoms with Gasteiger partial charge < -0.3 is 20.8 Å². The number of aryl methyl sites for hydroxylation is 1. The number of hydrogen-bond donors (Lipinski definition) is 4. The minimum Gasteiger partial charge on any atom is -0.480 e. The lowest BCUT2D eigenvalue weighted by Crippen LogP contribution is -2.41. The summed E-state index contributed by atoms with van der Waals surface area (Å²) in [5.41, 5.74) is 4.25. The van der Waals surface area contributed by atoms with E-state index in [4.69, 9.17) is 0 Å². The first-order chi connectivity index (χ1) is 17.4. The Kier molecular flexibility index (Phi) is 11.3. The van der Waals surface area contributed by atoms with E-state index in [0.717, 1.165) is 28.7 Å². The van der Waals surface area contributed by atoms with E-state index >= 15 is 0 Å². The monoisotopic (exact) mass is 512 g/mol. The number of thioether (sulfide) groups is 1. The fourth-order valence-corrected chi connectivity index (χ4v) is 5.51. The molecule has 3 rings (SSSR count). The fraction of sp³-hybridized carbons (Fsp3) is 0.517. The predicted molar refractivity (Wildman–Crippen MR) is 147 cm³/mol. The second-order valence-electron chi connectivity index (χ2n) is 9.84. The third kappa shape index (κ3) is 8.08. The summed E-state index contributed by atoms with van der Waals surface area (Å²) in [7, 11) is 0. The second kappa shape index (κ2) is 14.4. The molecule has 2 atom stereocenters. The first kappa shape index (κ1) is 28.2. The van der Waals surface area contributed by atoms with Gasteiger partial charge in [0.05, 0.1) is 6.61 Å². The highest BCUT2D eigenvalue weighted by Crippen LogP contribution is 2.29. The molecule has 1 aliphatic rings. The summed E-state index contributed by atoms with van der Waals surface area (Å²) in [6.07, 6.45) is 9.64. The molecular weight excluding hydrogens is 472 g/mol. The third-order valence-electron chi connectivity index (χ3n) is 7.14. The van der Waals surface area contributed by atoms with Crippen molar-refractivity contribution < 1.29 is 19.8 Å². The number of carboxylic acids is 1. The van der Waals surface area contributed by atoms with Gasteiger partial charge in [0, 0.05) is 18.2 Å². The van der Waals surface area contributed by atoms with Crippen LogP contribution in [0.3, 0.4) is 0 Å². The number of aliphatic hydroxyl groups excluding tert-OH is 1. The van der Waals surface area contributed by atoms with E-state index < -0.39 is 12.0 Å². The Hall–Kier alpha value is -2.35. The molecule has 1 fully saturated rings. The van der Waals surface area contributed by atoms with Crippen LogP contribution in [0, 0.1) is 12.8 Å². The molecule has 6 nitrogen and oxygen atoms in total. The maximum absolute atomic E-state index is 13.2. The molecule has 0 unspecified atom stereocenters. The maximum atomic E-state index is 13.2. The Labute approximate surface area is 219 Å². The van der Waals surface area contributed by atoms with Gasteiger partial charge >= 0.3 is 5.97 Å². The van der Waals surface area contributed by atoms with Crippen LogP contribution >= 0.6 is 11.8 Å². The number of carbonyl (C=O) groups is 2. The van der Waals surface area contributed by atoms with Crippen LogP contribution in [-0.4, -0.2) is 52.8 Å². The van der Waals surface area contributed by atoms with Crippen molar-refractivity contribution in [2.45, 2.75) is 70.5 Å². The van der Waals surface area contributed by atoms with Crippen LogP contribution in [0.1, 0.15) is 66.4 Å². The number of aliphatic hydroxyl groups is 1. The molecule has 0 heterocycles. The van der Waals surface area contributed by atoms with Gasteiger partial charge in [-0.05, 0) is 72.1 Å². The van der Waals surface area contributed by atoms with Gasteiger partial charge in [-0.25, -0.2) is 4.79 Å². The summed E-state index contributed by atoms with van der Waals surface area (Å²) in [6.45, 7) is 2.70. The van der Waals surface area contributed by atoms with Crippen LogP contribution < -0.4 is 10.6 Å². The minimum atomic E-state index is -1.02. The van der Waals surface area contributed by atoms with E-state index in [9.17, 15) is 19.8 Å². The Morgan fingerprint density at radius 2 is 1.83 bits per heavy atom. The fourth-order valence-electron chi connectivity index (χ4n) is 5.04. The first-order valence-corrected chi connectivity index (χ1v) is 14.4. The van der Waals surface area contributed by atoms with Crippen LogP contribution in [0.15, 0.2) is 42.5 Å². The molecule has 7 heteroatoms. The Morgan fingerprint density at radius 3 is 2.50 bits per heavy atom. The van der Waals surface area contributed by atoms with Crippen LogP contribution in [0.25, 0.3) is 11.1 Å². The smallest absolute Gasteiger partial charge is 0.326 e. The van der Waals surface area contributed by atoms with E-state index in [-0.39, 0.29) is 18.6 Å². The van der Waals surface area contributed by atoms with Gasteiger partial charge in [-0.1, -0.05) is 62.4 Å². The highest BCUT2D eigenvalue weighted by molar-refractivity contribution is 7.98. The van der Waals surface area contributed by atoms with Gasteiger partial charge in [-0.2, -0.15) is 11.8 Å². The largest absolute Gasteiger partial charge is 0.480 e. The molecule has 0 radical (unpaired) electrons. The van der Waals surface area contributed by atoms with E-state index in [2.05, 4.69) is 10.6 Å². The van der Waals surface area contributed by atoms with E-state index in [1.165, 1.54) is 32.1 Å². The predicted octanol–water partition coefficient (Wildman–Crippen LogP) is 5.02. The lowest BCUT2D eigenvalue weighted by atomic mass is 9.85. The first-order valence-electron chi connectivity index (χ1n) is 13.0. The lowest BCUT2D eigenvalue weighted by molar-refractivity contribution is -0.139. The molecule has 2 aromatic rings. The Morgan fingerprint density at radius 1 is 1.08 bits per heavy atom. The molecule has 1 aliphatic carbocycles. The number of hydrogen-bond acceptors (Lipinski definition) is 5. The highest BCUT2D eigenvalue weighted by atomic mass is 32.2. The minimum absolute atomic E-state index is 0.0470. The Bertz CT molecular complexity index is 1010. The molecule has 0 aliphatic heterocycles. The van der Waals surface area contributed by atoms with Crippen LogP contribution in [0.5, 0.6) is 0 Å². The van der Waals surface area contributed by atoms with Crippen LogP contribution in [-0.2, 0) is 11.3 Å². The number of aliphatic carboxylic acids is 1. The van der Waals surface area contributed by atoms with Gasteiger partial charge in [-0.15, -0.1) is 0 Å². The van der Waals surface area contributed by atoms with Gasteiger partial charge in [0.1, 0.15) is 6.04 Å². The summed E-state index contributed by atoms with van der Waals surface area (Å²) in [4.78, 5) is 24.9.